The first-order valence-electron chi connectivity index (χ1n) is 4.81. The van der Waals surface area contributed by atoms with Crippen LogP contribution in [0.5, 0.6) is 11.6 Å². The summed E-state index contributed by atoms with van der Waals surface area (Å²) >= 11 is 5.97. The third-order valence-electron chi connectivity index (χ3n) is 2.10. The molecule has 0 bridgehead atoms. The average molecular weight is 248 g/mol. The maximum absolute atomic E-state index is 5.97. The SMILES string of the molecule is Clc1ccccc1Oc1ccc2nnnn2n1. The van der Waals surface area contributed by atoms with E-state index in [4.69, 9.17) is 16.3 Å². The highest BCUT2D eigenvalue weighted by Gasteiger charge is 2.05. The minimum absolute atomic E-state index is 0.373. The van der Waals surface area contributed by atoms with Gasteiger partial charge in [-0.2, -0.15) is 0 Å². The third kappa shape index (κ3) is 1.90. The molecule has 84 valence electrons. The topological polar surface area (TPSA) is 65.2 Å². The summed E-state index contributed by atoms with van der Waals surface area (Å²) in [5, 5.41) is 15.5. The van der Waals surface area contributed by atoms with Crippen LogP contribution >= 0.6 is 11.6 Å². The van der Waals surface area contributed by atoms with E-state index in [9.17, 15) is 0 Å². The predicted molar refractivity (Wildman–Crippen MR) is 60.1 cm³/mol. The molecule has 2 heterocycles. The lowest BCUT2D eigenvalue weighted by molar-refractivity contribution is 0.447. The van der Waals surface area contributed by atoms with Crippen molar-refractivity contribution in [3.05, 3.63) is 41.4 Å². The van der Waals surface area contributed by atoms with Crippen LogP contribution in [0.15, 0.2) is 36.4 Å². The van der Waals surface area contributed by atoms with Gasteiger partial charge in [0.05, 0.1) is 5.02 Å². The Morgan fingerprint density at radius 3 is 2.88 bits per heavy atom. The normalized spacial score (nSPS) is 10.6. The van der Waals surface area contributed by atoms with E-state index in [1.807, 2.05) is 12.1 Å². The van der Waals surface area contributed by atoms with Crippen LogP contribution in [0.25, 0.3) is 5.65 Å². The van der Waals surface area contributed by atoms with E-state index in [-0.39, 0.29) is 0 Å². The Bertz CT molecular complexity index is 668. The van der Waals surface area contributed by atoms with Gasteiger partial charge in [0.1, 0.15) is 5.75 Å². The van der Waals surface area contributed by atoms with Crippen molar-refractivity contribution in [1.82, 2.24) is 25.3 Å². The van der Waals surface area contributed by atoms with Crippen LogP contribution in [0.4, 0.5) is 0 Å². The fraction of sp³-hybridized carbons (Fsp3) is 0. The summed E-state index contributed by atoms with van der Waals surface area (Å²) in [7, 11) is 0. The quantitative estimate of drug-likeness (QED) is 0.693. The second-order valence-corrected chi connectivity index (χ2v) is 3.64. The van der Waals surface area contributed by atoms with Gasteiger partial charge in [-0.15, -0.1) is 14.8 Å². The number of ether oxygens (including phenoxy) is 1. The maximum Gasteiger partial charge on any atom is 0.239 e. The van der Waals surface area contributed by atoms with E-state index in [0.29, 0.717) is 22.3 Å². The van der Waals surface area contributed by atoms with Crippen molar-refractivity contribution in [3.63, 3.8) is 0 Å². The minimum atomic E-state index is 0.373. The number of nitrogens with zero attached hydrogens (tertiary/aromatic N) is 5. The van der Waals surface area contributed by atoms with Gasteiger partial charge in [0, 0.05) is 6.07 Å². The molecule has 0 unspecified atom stereocenters. The summed E-state index contributed by atoms with van der Waals surface area (Å²) in [5.74, 6) is 0.909. The van der Waals surface area contributed by atoms with Gasteiger partial charge < -0.3 is 4.74 Å². The molecule has 0 N–H and O–H groups in total. The summed E-state index contributed by atoms with van der Waals surface area (Å²) in [5.41, 5.74) is 0.552. The van der Waals surface area contributed by atoms with Crippen molar-refractivity contribution >= 4 is 17.2 Å². The Balaban J connectivity index is 1.97. The molecule has 0 saturated heterocycles. The number of hydrogen-bond donors (Lipinski definition) is 0. The van der Waals surface area contributed by atoms with Crippen LogP contribution in [0, 0.1) is 0 Å². The van der Waals surface area contributed by atoms with Gasteiger partial charge in [0.15, 0.2) is 5.65 Å². The molecule has 0 spiro atoms. The van der Waals surface area contributed by atoms with Gasteiger partial charge in [-0.25, -0.2) is 0 Å². The van der Waals surface area contributed by atoms with Crippen LogP contribution in [-0.2, 0) is 0 Å². The second-order valence-electron chi connectivity index (χ2n) is 3.23. The van der Waals surface area contributed by atoms with Crippen LogP contribution in [0.3, 0.4) is 0 Å². The zero-order valence-corrected chi connectivity index (χ0v) is 9.24. The van der Waals surface area contributed by atoms with Gasteiger partial charge >= 0.3 is 0 Å². The minimum Gasteiger partial charge on any atom is -0.436 e. The Kier molecular flexibility index (Phi) is 2.34. The van der Waals surface area contributed by atoms with E-state index in [1.54, 1.807) is 24.3 Å². The number of tetrazole rings is 1. The molecular weight excluding hydrogens is 242 g/mol. The molecule has 0 aliphatic carbocycles. The molecule has 1 aromatic carbocycles. The second kappa shape index (κ2) is 3.99. The fourth-order valence-electron chi connectivity index (χ4n) is 1.33. The Hall–Kier alpha value is -2.21. The molecule has 3 rings (SSSR count). The van der Waals surface area contributed by atoms with Crippen molar-refractivity contribution in [2.24, 2.45) is 0 Å². The van der Waals surface area contributed by atoms with Crippen LogP contribution in [0.2, 0.25) is 5.02 Å². The molecule has 0 saturated carbocycles. The molecule has 0 aliphatic rings. The first kappa shape index (κ1) is 9.98. The van der Waals surface area contributed by atoms with E-state index in [2.05, 4.69) is 20.6 Å². The monoisotopic (exact) mass is 247 g/mol. The molecule has 0 atom stereocenters. The third-order valence-corrected chi connectivity index (χ3v) is 2.41. The molecule has 2 aromatic heterocycles. The standard InChI is InChI=1S/C10H6ClN5O/c11-7-3-1-2-4-8(7)17-10-6-5-9-12-14-15-16(9)13-10/h1-6H. The lowest BCUT2D eigenvalue weighted by Crippen LogP contribution is -1.97. The summed E-state index contributed by atoms with van der Waals surface area (Å²) in [6.45, 7) is 0. The van der Waals surface area contributed by atoms with Gasteiger partial charge in [0.25, 0.3) is 0 Å². The van der Waals surface area contributed by atoms with Crippen LogP contribution in [-0.4, -0.2) is 25.3 Å². The van der Waals surface area contributed by atoms with Crippen molar-refractivity contribution in [2.75, 3.05) is 0 Å². The number of fused-ring (bicyclic) bond motifs is 1. The van der Waals surface area contributed by atoms with E-state index < -0.39 is 0 Å². The van der Waals surface area contributed by atoms with Crippen molar-refractivity contribution in [2.45, 2.75) is 0 Å². The largest absolute Gasteiger partial charge is 0.436 e. The summed E-state index contributed by atoms with van der Waals surface area (Å²) in [6.07, 6.45) is 0. The summed E-state index contributed by atoms with van der Waals surface area (Å²) in [4.78, 5) is 0. The summed E-state index contributed by atoms with van der Waals surface area (Å²) in [6, 6.07) is 10.5. The highest BCUT2D eigenvalue weighted by molar-refractivity contribution is 6.32. The Morgan fingerprint density at radius 1 is 1.12 bits per heavy atom. The molecule has 6 nitrogen and oxygen atoms in total. The van der Waals surface area contributed by atoms with E-state index >= 15 is 0 Å². The average Bonchev–Trinajstić information content (AvgIpc) is 2.79. The smallest absolute Gasteiger partial charge is 0.239 e. The fourth-order valence-corrected chi connectivity index (χ4v) is 1.50. The number of rotatable bonds is 2. The molecular formula is C10H6ClN5O. The number of halogens is 1. The highest BCUT2D eigenvalue weighted by atomic mass is 35.5. The lowest BCUT2D eigenvalue weighted by Gasteiger charge is -2.05. The maximum atomic E-state index is 5.97. The molecule has 0 amide bonds. The van der Waals surface area contributed by atoms with E-state index in [0.717, 1.165) is 0 Å². The molecule has 17 heavy (non-hydrogen) atoms. The number of para-hydroxylation sites is 1. The van der Waals surface area contributed by atoms with Gasteiger partial charge in [-0.1, -0.05) is 23.7 Å². The van der Waals surface area contributed by atoms with Crippen LogP contribution < -0.4 is 4.74 Å². The Labute approximate surface area is 101 Å². The zero-order chi connectivity index (χ0) is 11.7. The predicted octanol–water partition coefficient (Wildman–Crippen LogP) is 1.96. The molecule has 0 aliphatic heterocycles. The first-order valence-corrected chi connectivity index (χ1v) is 5.18. The van der Waals surface area contributed by atoms with Gasteiger partial charge in [-0.05, 0) is 28.6 Å². The molecule has 0 fully saturated rings. The number of hydrogen-bond acceptors (Lipinski definition) is 5. The van der Waals surface area contributed by atoms with E-state index in [1.165, 1.54) is 4.63 Å². The summed E-state index contributed by atoms with van der Waals surface area (Å²) < 4.78 is 6.81. The lowest BCUT2D eigenvalue weighted by atomic mass is 10.3. The Morgan fingerprint density at radius 2 is 2.00 bits per heavy atom. The van der Waals surface area contributed by atoms with Crippen molar-refractivity contribution < 1.29 is 4.74 Å². The van der Waals surface area contributed by atoms with Crippen LogP contribution in [0.1, 0.15) is 0 Å². The van der Waals surface area contributed by atoms with Gasteiger partial charge in [0.2, 0.25) is 5.88 Å². The van der Waals surface area contributed by atoms with Crippen molar-refractivity contribution in [1.29, 1.82) is 0 Å². The zero-order valence-electron chi connectivity index (χ0n) is 8.49. The molecule has 7 heteroatoms. The molecule has 0 radical (unpaired) electrons. The number of aromatic nitrogens is 5. The highest BCUT2D eigenvalue weighted by Crippen LogP contribution is 2.27. The number of benzene rings is 1. The molecule has 3 aromatic rings. The van der Waals surface area contributed by atoms with Gasteiger partial charge in [-0.3, -0.25) is 0 Å². The first-order chi connectivity index (χ1) is 8.33. The van der Waals surface area contributed by atoms with Crippen molar-refractivity contribution in [3.8, 4) is 11.6 Å².